The van der Waals surface area contributed by atoms with Crippen molar-refractivity contribution in [3.8, 4) is 0 Å². The predicted octanol–water partition coefficient (Wildman–Crippen LogP) is 2.80. The van der Waals surface area contributed by atoms with Gasteiger partial charge < -0.3 is 15.8 Å². The molecule has 1 aromatic heterocycles. The number of benzene rings is 1. The zero-order valence-corrected chi connectivity index (χ0v) is 11.1. The lowest BCUT2D eigenvalue weighted by atomic mass is 10.1. The molecule has 0 saturated carbocycles. The van der Waals surface area contributed by atoms with Crippen LogP contribution in [0.5, 0.6) is 0 Å². The Bertz CT molecular complexity index is 579. The molecule has 1 fully saturated rings. The van der Waals surface area contributed by atoms with Crippen LogP contribution >= 0.6 is 0 Å². The second kappa shape index (κ2) is 5.05. The highest BCUT2D eigenvalue weighted by atomic mass is 16.5. The summed E-state index contributed by atoms with van der Waals surface area (Å²) in [4.78, 5) is 4.11. The highest BCUT2D eigenvalue weighted by molar-refractivity contribution is 5.98. The average molecular weight is 257 g/mol. The summed E-state index contributed by atoms with van der Waals surface area (Å²) in [6.45, 7) is 3.02. The number of hydrogen-bond acceptors (Lipinski definition) is 4. The van der Waals surface area contributed by atoms with Gasteiger partial charge in [0.05, 0.1) is 17.5 Å². The molecule has 0 bridgehead atoms. The van der Waals surface area contributed by atoms with E-state index in [1.165, 1.54) is 0 Å². The van der Waals surface area contributed by atoms with Crippen molar-refractivity contribution in [1.82, 2.24) is 4.98 Å². The van der Waals surface area contributed by atoms with Gasteiger partial charge in [-0.1, -0.05) is 6.07 Å². The standard InChI is InChI=1S/C15H19N3O/c1-10(14-3-2-8-19-14)18-13-5-4-11-9-17-7-6-12(11)15(13)16/h4-7,9-10,14,18H,2-3,8,16H2,1H3. The van der Waals surface area contributed by atoms with Gasteiger partial charge in [-0.2, -0.15) is 0 Å². The Labute approximate surface area is 113 Å². The Morgan fingerprint density at radius 3 is 3.11 bits per heavy atom. The fourth-order valence-electron chi connectivity index (χ4n) is 2.65. The van der Waals surface area contributed by atoms with Crippen molar-refractivity contribution >= 4 is 22.1 Å². The van der Waals surface area contributed by atoms with E-state index < -0.39 is 0 Å². The Kier molecular flexibility index (Phi) is 3.25. The maximum atomic E-state index is 6.23. The van der Waals surface area contributed by atoms with E-state index in [1.807, 2.05) is 24.4 Å². The number of hydrogen-bond donors (Lipinski definition) is 2. The molecular formula is C15H19N3O. The summed E-state index contributed by atoms with van der Waals surface area (Å²) in [5.41, 5.74) is 7.99. The van der Waals surface area contributed by atoms with Gasteiger partial charge in [-0.3, -0.25) is 4.98 Å². The first-order valence-corrected chi connectivity index (χ1v) is 6.76. The second-order valence-electron chi connectivity index (χ2n) is 5.11. The molecule has 1 aliphatic heterocycles. The number of nitrogen functional groups attached to an aromatic ring is 1. The smallest absolute Gasteiger partial charge is 0.0774 e. The summed E-state index contributed by atoms with van der Waals surface area (Å²) in [6, 6.07) is 6.28. The van der Waals surface area contributed by atoms with Crippen LogP contribution in [0.15, 0.2) is 30.6 Å². The Morgan fingerprint density at radius 2 is 2.32 bits per heavy atom. The summed E-state index contributed by atoms with van der Waals surface area (Å²) >= 11 is 0. The third-order valence-corrected chi connectivity index (χ3v) is 3.77. The molecule has 1 aliphatic rings. The minimum atomic E-state index is 0.268. The molecule has 2 unspecified atom stereocenters. The van der Waals surface area contributed by atoms with E-state index in [2.05, 4.69) is 17.2 Å². The van der Waals surface area contributed by atoms with Gasteiger partial charge in [0.25, 0.3) is 0 Å². The summed E-state index contributed by atoms with van der Waals surface area (Å²) in [5, 5.41) is 5.58. The van der Waals surface area contributed by atoms with Crippen LogP contribution in [0.1, 0.15) is 19.8 Å². The molecule has 0 amide bonds. The number of rotatable bonds is 3. The number of nitrogens with two attached hydrogens (primary N) is 1. The maximum absolute atomic E-state index is 6.23. The molecule has 4 heteroatoms. The van der Waals surface area contributed by atoms with Gasteiger partial charge in [0.2, 0.25) is 0 Å². The lowest BCUT2D eigenvalue weighted by molar-refractivity contribution is 0.0997. The van der Waals surface area contributed by atoms with Crippen molar-refractivity contribution < 1.29 is 4.74 Å². The van der Waals surface area contributed by atoms with Crippen LogP contribution in [0, 0.1) is 0 Å². The molecule has 0 radical (unpaired) electrons. The van der Waals surface area contributed by atoms with Crippen LogP contribution in [0.4, 0.5) is 11.4 Å². The van der Waals surface area contributed by atoms with Gasteiger partial charge in [0.1, 0.15) is 0 Å². The van der Waals surface area contributed by atoms with Crippen molar-refractivity contribution in [3.05, 3.63) is 30.6 Å². The van der Waals surface area contributed by atoms with Crippen LogP contribution < -0.4 is 11.1 Å². The molecule has 2 aromatic rings. The maximum Gasteiger partial charge on any atom is 0.0774 e. The number of ether oxygens (including phenoxy) is 1. The predicted molar refractivity (Wildman–Crippen MR) is 78.2 cm³/mol. The highest BCUT2D eigenvalue weighted by Crippen LogP contribution is 2.29. The molecular weight excluding hydrogens is 238 g/mol. The lowest BCUT2D eigenvalue weighted by Gasteiger charge is -2.22. The quantitative estimate of drug-likeness (QED) is 0.830. The number of nitrogens with zero attached hydrogens (tertiary/aromatic N) is 1. The molecule has 2 heterocycles. The van der Waals surface area contributed by atoms with Crippen LogP contribution in [0.25, 0.3) is 10.8 Å². The number of fused-ring (bicyclic) bond motifs is 1. The van der Waals surface area contributed by atoms with Crippen LogP contribution in [0.3, 0.4) is 0 Å². The van der Waals surface area contributed by atoms with E-state index in [1.54, 1.807) is 6.20 Å². The summed E-state index contributed by atoms with van der Waals surface area (Å²) in [7, 11) is 0. The molecule has 1 aromatic carbocycles. The Hall–Kier alpha value is -1.81. The van der Waals surface area contributed by atoms with Gasteiger partial charge in [-0.15, -0.1) is 0 Å². The van der Waals surface area contributed by atoms with Crippen molar-refractivity contribution in [3.63, 3.8) is 0 Å². The van der Waals surface area contributed by atoms with Crippen LogP contribution in [0.2, 0.25) is 0 Å². The van der Waals surface area contributed by atoms with E-state index in [9.17, 15) is 0 Å². The molecule has 1 saturated heterocycles. The zero-order valence-electron chi connectivity index (χ0n) is 11.1. The fourth-order valence-corrected chi connectivity index (χ4v) is 2.65. The topological polar surface area (TPSA) is 60.2 Å². The van der Waals surface area contributed by atoms with Crippen LogP contribution in [-0.2, 0) is 4.74 Å². The lowest BCUT2D eigenvalue weighted by Crippen LogP contribution is -2.30. The first kappa shape index (κ1) is 12.2. The molecule has 0 aliphatic carbocycles. The van der Waals surface area contributed by atoms with Crippen molar-refractivity contribution in [2.75, 3.05) is 17.7 Å². The van der Waals surface area contributed by atoms with Gasteiger partial charge in [0, 0.05) is 35.8 Å². The van der Waals surface area contributed by atoms with E-state index in [0.29, 0.717) is 0 Å². The first-order chi connectivity index (χ1) is 9.25. The highest BCUT2D eigenvalue weighted by Gasteiger charge is 2.22. The summed E-state index contributed by atoms with van der Waals surface area (Å²) < 4.78 is 5.70. The van der Waals surface area contributed by atoms with Crippen molar-refractivity contribution in [2.24, 2.45) is 0 Å². The fraction of sp³-hybridized carbons (Fsp3) is 0.400. The minimum Gasteiger partial charge on any atom is -0.397 e. The third-order valence-electron chi connectivity index (χ3n) is 3.77. The Balaban J connectivity index is 1.86. The number of pyridine rings is 1. The SMILES string of the molecule is CC(Nc1ccc2cnccc2c1N)C1CCCO1. The van der Waals surface area contributed by atoms with E-state index in [-0.39, 0.29) is 12.1 Å². The molecule has 2 atom stereocenters. The van der Waals surface area contributed by atoms with E-state index >= 15 is 0 Å². The Morgan fingerprint density at radius 1 is 1.42 bits per heavy atom. The van der Waals surface area contributed by atoms with Gasteiger partial charge in [-0.05, 0) is 31.9 Å². The number of nitrogens with one attached hydrogen (secondary N) is 1. The van der Waals surface area contributed by atoms with Crippen LogP contribution in [-0.4, -0.2) is 23.7 Å². The van der Waals surface area contributed by atoms with Crippen molar-refractivity contribution in [1.29, 1.82) is 0 Å². The summed E-state index contributed by atoms with van der Waals surface area (Å²) in [6.07, 6.45) is 6.15. The van der Waals surface area contributed by atoms with E-state index in [0.717, 1.165) is 41.6 Å². The second-order valence-corrected chi connectivity index (χ2v) is 5.11. The molecule has 0 spiro atoms. The first-order valence-electron chi connectivity index (χ1n) is 6.76. The molecule has 19 heavy (non-hydrogen) atoms. The third kappa shape index (κ3) is 2.36. The normalized spacial score (nSPS) is 20.6. The van der Waals surface area contributed by atoms with E-state index in [4.69, 9.17) is 10.5 Å². The van der Waals surface area contributed by atoms with Gasteiger partial charge in [0.15, 0.2) is 0 Å². The van der Waals surface area contributed by atoms with Gasteiger partial charge in [-0.25, -0.2) is 0 Å². The molecule has 3 rings (SSSR count). The molecule has 3 N–H and O–H groups in total. The van der Waals surface area contributed by atoms with Crippen molar-refractivity contribution in [2.45, 2.75) is 31.9 Å². The largest absolute Gasteiger partial charge is 0.397 e. The summed E-state index contributed by atoms with van der Waals surface area (Å²) in [5.74, 6) is 0. The number of anilines is 2. The number of aromatic nitrogens is 1. The monoisotopic (exact) mass is 257 g/mol. The average Bonchev–Trinajstić information content (AvgIpc) is 2.96. The molecule has 4 nitrogen and oxygen atoms in total. The molecule has 100 valence electrons. The van der Waals surface area contributed by atoms with Gasteiger partial charge >= 0.3 is 0 Å². The minimum absolute atomic E-state index is 0.268. The zero-order chi connectivity index (χ0) is 13.2.